The molecule has 0 bridgehead atoms. The molecule has 41 heavy (non-hydrogen) atoms. The molecule has 3 fully saturated rings. The second-order valence-corrected chi connectivity index (χ2v) is 12.1. The van der Waals surface area contributed by atoms with Gasteiger partial charge in [0, 0.05) is 6.42 Å². The second kappa shape index (κ2) is 10.1. The third kappa shape index (κ3) is 4.64. The van der Waals surface area contributed by atoms with Crippen LogP contribution in [0.5, 0.6) is 5.75 Å². The number of aliphatic hydroxyl groups is 2. The predicted octanol–water partition coefficient (Wildman–Crippen LogP) is 1.57. The number of fused-ring (bicyclic) bond motifs is 1. The zero-order valence-corrected chi connectivity index (χ0v) is 22.9. The number of ether oxygens (including phenoxy) is 2. The van der Waals surface area contributed by atoms with Crippen molar-refractivity contribution in [2.75, 3.05) is 5.73 Å². The topological polar surface area (TPSA) is 204 Å². The number of hydrogen-bond acceptors (Lipinski definition) is 12. The van der Waals surface area contributed by atoms with Crippen LogP contribution >= 0.6 is 7.75 Å². The Labute approximate surface area is 234 Å². The Morgan fingerprint density at radius 3 is 2.71 bits per heavy atom. The highest BCUT2D eigenvalue weighted by molar-refractivity contribution is 7.52. The fraction of sp³-hybridized carbons (Fsp3) is 0.462. The lowest BCUT2D eigenvalue weighted by molar-refractivity contribution is -0.154. The van der Waals surface area contributed by atoms with E-state index in [1.807, 2.05) is 6.07 Å². The van der Waals surface area contributed by atoms with Crippen molar-refractivity contribution in [1.82, 2.24) is 19.7 Å². The van der Waals surface area contributed by atoms with Gasteiger partial charge >= 0.3 is 13.7 Å². The summed E-state index contributed by atoms with van der Waals surface area (Å²) in [6.45, 7) is 1.48. The smallest absolute Gasteiger partial charge is 0.459 e. The van der Waals surface area contributed by atoms with Crippen LogP contribution in [-0.4, -0.2) is 66.8 Å². The van der Waals surface area contributed by atoms with Crippen molar-refractivity contribution in [3.05, 3.63) is 54.5 Å². The zero-order chi connectivity index (χ0) is 29.0. The average Bonchev–Trinajstić information content (AvgIpc) is 3.30. The standard InChI is InChI=1S/C26H29N6O8P/c1-15(24(35)37-16-8-5-9-16)31-41(36,38-17-6-3-2-4-7-17)39-20-12-25(20)21(33)22(34)26(13-27,40-25)19-11-10-18-23(28)29-14-30-32(18)19/h2-4,6-7,10-11,14-16,20-22,33-34H,5,8-9,12H2,1H3,(H,31,36)(H2,28,29,30)/t15-,20+,21-,22+,25+,26-,41?/m0/s1. The van der Waals surface area contributed by atoms with E-state index in [2.05, 4.69) is 15.2 Å². The fourth-order valence-corrected chi connectivity index (χ4v) is 6.90. The first kappa shape index (κ1) is 27.6. The maximum absolute atomic E-state index is 14.1. The molecule has 2 aliphatic carbocycles. The van der Waals surface area contributed by atoms with Crippen molar-refractivity contribution in [1.29, 1.82) is 5.26 Å². The molecule has 1 aromatic carbocycles. The molecule has 1 saturated heterocycles. The number of anilines is 1. The van der Waals surface area contributed by atoms with Crippen LogP contribution in [0.4, 0.5) is 5.82 Å². The number of aliphatic hydroxyl groups excluding tert-OH is 2. The van der Waals surface area contributed by atoms with Gasteiger partial charge < -0.3 is 29.9 Å². The molecular formula is C26H29N6O8P. The molecule has 14 nitrogen and oxygen atoms in total. The Hall–Kier alpha value is -3.57. The van der Waals surface area contributed by atoms with Crippen LogP contribution in [0.15, 0.2) is 48.8 Å². The van der Waals surface area contributed by atoms with E-state index in [9.17, 15) is 24.8 Å². The molecule has 2 aromatic heterocycles. The number of nitrogens with zero attached hydrogens (tertiary/aromatic N) is 4. The lowest BCUT2D eigenvalue weighted by atomic mass is 9.92. The molecule has 1 aliphatic heterocycles. The molecule has 6 rings (SSSR count). The lowest BCUT2D eigenvalue weighted by Crippen LogP contribution is -2.41. The van der Waals surface area contributed by atoms with Gasteiger partial charge in [-0.05, 0) is 50.5 Å². The fourth-order valence-electron chi connectivity index (χ4n) is 5.18. The Morgan fingerprint density at radius 1 is 1.27 bits per heavy atom. The number of nitrogens with one attached hydrogen (secondary N) is 1. The Morgan fingerprint density at radius 2 is 2.02 bits per heavy atom. The minimum Gasteiger partial charge on any atom is -0.461 e. The van der Waals surface area contributed by atoms with Crippen LogP contribution < -0.4 is 15.3 Å². The normalized spacial score (nSPS) is 31.2. The van der Waals surface area contributed by atoms with E-state index < -0.39 is 49.3 Å². The molecular weight excluding hydrogens is 555 g/mol. The summed E-state index contributed by atoms with van der Waals surface area (Å²) in [6.07, 6.45) is -0.922. The van der Waals surface area contributed by atoms with Gasteiger partial charge in [-0.15, -0.1) is 0 Å². The first-order chi connectivity index (χ1) is 19.6. The molecule has 216 valence electrons. The molecule has 15 heteroatoms. The maximum Gasteiger partial charge on any atom is 0.459 e. The molecule has 5 N–H and O–H groups in total. The van der Waals surface area contributed by atoms with Crippen LogP contribution in [-0.2, 0) is 29.0 Å². The van der Waals surface area contributed by atoms with Crippen LogP contribution in [0.3, 0.4) is 0 Å². The number of nitrogen functional groups attached to an aromatic ring is 1. The van der Waals surface area contributed by atoms with Crippen molar-refractivity contribution in [3.8, 4) is 11.8 Å². The summed E-state index contributed by atoms with van der Waals surface area (Å²) in [5.74, 6) is -0.267. The molecule has 2 saturated carbocycles. The molecule has 3 aliphatic rings. The van der Waals surface area contributed by atoms with E-state index in [1.54, 1.807) is 36.4 Å². The molecule has 3 aromatic rings. The van der Waals surface area contributed by atoms with Crippen LogP contribution in [0.25, 0.3) is 5.52 Å². The third-order valence-electron chi connectivity index (χ3n) is 7.76. The summed E-state index contributed by atoms with van der Waals surface area (Å²) >= 11 is 0. The van der Waals surface area contributed by atoms with E-state index in [1.165, 1.54) is 23.8 Å². The monoisotopic (exact) mass is 584 g/mol. The van der Waals surface area contributed by atoms with E-state index in [0.717, 1.165) is 19.3 Å². The van der Waals surface area contributed by atoms with E-state index in [-0.39, 0.29) is 29.8 Å². The molecule has 7 atom stereocenters. The van der Waals surface area contributed by atoms with Gasteiger partial charge in [0.05, 0.1) is 5.69 Å². The molecule has 1 spiro atoms. The molecule has 3 heterocycles. The van der Waals surface area contributed by atoms with E-state index in [0.29, 0.717) is 5.52 Å². The predicted molar refractivity (Wildman–Crippen MR) is 141 cm³/mol. The molecule has 1 unspecified atom stereocenters. The van der Waals surface area contributed by atoms with Gasteiger partial charge in [0.2, 0.25) is 5.60 Å². The van der Waals surface area contributed by atoms with Crippen LogP contribution in [0, 0.1) is 11.3 Å². The van der Waals surface area contributed by atoms with Gasteiger partial charge in [0.1, 0.15) is 59.7 Å². The van der Waals surface area contributed by atoms with E-state index in [4.69, 9.17) is 24.3 Å². The summed E-state index contributed by atoms with van der Waals surface area (Å²) in [5.41, 5.74) is 2.74. The SMILES string of the molecule is C[C@H](NP(=O)(Oc1ccccc1)O[C@@H]1C[C@@]12O[C@@](C#N)(c1ccc3c(N)ncnn13)[C@H](O)[C@@H]2O)C(=O)OC1CCC1. The van der Waals surface area contributed by atoms with Crippen molar-refractivity contribution < 1.29 is 38.1 Å². The highest BCUT2D eigenvalue weighted by Gasteiger charge is 2.76. The third-order valence-corrected chi connectivity index (χ3v) is 9.45. The minimum atomic E-state index is -4.31. The minimum absolute atomic E-state index is 0.0280. The van der Waals surface area contributed by atoms with Gasteiger partial charge in [0.15, 0.2) is 5.82 Å². The number of benzene rings is 1. The number of rotatable bonds is 9. The zero-order valence-electron chi connectivity index (χ0n) is 22.0. The number of carbonyl (C=O) groups is 1. The summed E-state index contributed by atoms with van der Waals surface area (Å²) in [6, 6.07) is 12.2. The first-order valence-electron chi connectivity index (χ1n) is 13.2. The quantitative estimate of drug-likeness (QED) is 0.209. The van der Waals surface area contributed by atoms with Crippen LogP contribution in [0.2, 0.25) is 0 Å². The van der Waals surface area contributed by atoms with Crippen molar-refractivity contribution in [2.24, 2.45) is 0 Å². The van der Waals surface area contributed by atoms with Gasteiger partial charge in [0.25, 0.3) is 0 Å². The van der Waals surface area contributed by atoms with Gasteiger partial charge in [-0.1, -0.05) is 18.2 Å². The van der Waals surface area contributed by atoms with Gasteiger partial charge in [-0.25, -0.2) is 14.1 Å². The number of esters is 1. The number of nitriles is 1. The number of para-hydroxylation sites is 1. The number of nitrogens with two attached hydrogens (primary N) is 1. The van der Waals surface area contributed by atoms with Gasteiger partial charge in [-0.3, -0.25) is 9.32 Å². The Balaban J connectivity index is 1.26. The number of aromatic nitrogens is 3. The van der Waals surface area contributed by atoms with Crippen molar-refractivity contribution in [3.63, 3.8) is 0 Å². The summed E-state index contributed by atoms with van der Waals surface area (Å²) in [7, 11) is -4.31. The highest BCUT2D eigenvalue weighted by Crippen LogP contribution is 2.62. The second-order valence-electron chi connectivity index (χ2n) is 10.5. The van der Waals surface area contributed by atoms with E-state index >= 15 is 0 Å². The number of carbonyl (C=O) groups excluding carboxylic acids is 1. The average molecular weight is 585 g/mol. The maximum atomic E-state index is 14.1. The summed E-state index contributed by atoms with van der Waals surface area (Å²) in [4.78, 5) is 16.6. The summed E-state index contributed by atoms with van der Waals surface area (Å²) in [5, 5.41) is 39.3. The Bertz CT molecular complexity index is 1560. The molecule has 0 amide bonds. The van der Waals surface area contributed by atoms with Crippen LogP contribution in [0.1, 0.15) is 38.3 Å². The largest absolute Gasteiger partial charge is 0.461 e. The highest BCUT2D eigenvalue weighted by atomic mass is 31.2. The first-order valence-corrected chi connectivity index (χ1v) is 14.7. The lowest BCUT2D eigenvalue weighted by Gasteiger charge is -2.28. The van der Waals surface area contributed by atoms with Gasteiger partial charge in [-0.2, -0.15) is 15.4 Å². The summed E-state index contributed by atoms with van der Waals surface area (Å²) < 4.78 is 38.5. The Kier molecular flexibility index (Phi) is 6.77. The van der Waals surface area contributed by atoms with Crippen molar-refractivity contribution in [2.45, 2.75) is 74.3 Å². The van der Waals surface area contributed by atoms with Crippen molar-refractivity contribution >= 4 is 25.1 Å². The number of hydrogen-bond donors (Lipinski definition) is 4. The molecule has 0 radical (unpaired) electrons.